The highest BCUT2D eigenvalue weighted by Crippen LogP contribution is 2.42. The predicted molar refractivity (Wildman–Crippen MR) is 151 cm³/mol. The summed E-state index contributed by atoms with van der Waals surface area (Å²) in [7, 11) is -4.20. The van der Waals surface area contributed by atoms with Gasteiger partial charge >= 0.3 is 0 Å². The van der Waals surface area contributed by atoms with E-state index in [1.807, 2.05) is 12.1 Å². The summed E-state index contributed by atoms with van der Waals surface area (Å²) in [6.45, 7) is 2.89. The second-order valence-corrected chi connectivity index (χ2v) is 12.9. The van der Waals surface area contributed by atoms with Gasteiger partial charge in [-0.15, -0.1) is 0 Å². The van der Waals surface area contributed by atoms with Crippen LogP contribution < -0.4 is 5.73 Å². The number of nitriles is 1. The molecule has 1 aliphatic heterocycles. The maximum Gasteiger partial charge on any atom is 0.249 e. The zero-order chi connectivity index (χ0) is 28.9. The molecule has 6 rings (SSSR count). The summed E-state index contributed by atoms with van der Waals surface area (Å²) in [5.74, 6) is -1.17. The van der Waals surface area contributed by atoms with Gasteiger partial charge in [-0.2, -0.15) is 5.26 Å². The molecule has 1 atom stereocenters. The van der Waals surface area contributed by atoms with E-state index in [-0.39, 0.29) is 29.4 Å². The minimum Gasteiger partial charge on any atom is -0.371 e. The van der Waals surface area contributed by atoms with Crippen molar-refractivity contribution in [2.24, 2.45) is 5.73 Å². The molecule has 1 unspecified atom stereocenters. The lowest BCUT2D eigenvalue weighted by atomic mass is 9.88. The number of hydrogen-bond donors (Lipinski definition) is 2. The van der Waals surface area contributed by atoms with E-state index in [0.717, 1.165) is 28.6 Å². The fraction of sp³-hybridized carbons (Fsp3) is 0.276. The molecule has 3 aromatic heterocycles. The monoisotopic (exact) mass is 575 g/mol. The fourth-order valence-electron chi connectivity index (χ4n) is 5.55. The Morgan fingerprint density at radius 3 is 2.59 bits per heavy atom. The molecule has 0 amide bonds. The number of aromatic amines is 1. The number of nitrogens with zero attached hydrogens (tertiary/aromatic N) is 5. The number of imidazole rings is 1. The molecule has 1 aromatic carbocycles. The van der Waals surface area contributed by atoms with Gasteiger partial charge in [-0.05, 0) is 56.0 Å². The number of aromatic nitrogens is 4. The standard InChI is InChI=1S/C29H27F2N7O2S/c1-29(41(39,40)38-17-25(23-3-2-8-34-28(23)38)27-35-16-22(15-32)36-27)7-4-26(37-9-5-21(33)6-10-37)24(14-29)18-11-19(30)13-20(31)12-18/h2-4,8,11-14,16-17,21H,5-7,9-10,33H2,1H3,(H,35,36). The highest BCUT2D eigenvalue weighted by molar-refractivity contribution is 7.91. The Hall–Kier alpha value is -4.34. The van der Waals surface area contributed by atoms with Crippen LogP contribution in [0.4, 0.5) is 8.78 Å². The molecule has 41 heavy (non-hydrogen) atoms. The van der Waals surface area contributed by atoms with Crippen molar-refractivity contribution in [2.75, 3.05) is 13.1 Å². The zero-order valence-corrected chi connectivity index (χ0v) is 23.0. The van der Waals surface area contributed by atoms with Crippen LogP contribution in [0.2, 0.25) is 0 Å². The Morgan fingerprint density at radius 2 is 1.90 bits per heavy atom. The number of halogens is 2. The molecule has 210 valence electrons. The average molecular weight is 576 g/mol. The number of nitrogens with two attached hydrogens (primary N) is 1. The van der Waals surface area contributed by atoms with E-state index in [9.17, 15) is 22.5 Å². The number of rotatable bonds is 5. The Kier molecular flexibility index (Phi) is 6.51. The lowest BCUT2D eigenvalue weighted by molar-refractivity contribution is 0.271. The predicted octanol–water partition coefficient (Wildman–Crippen LogP) is 4.31. The van der Waals surface area contributed by atoms with Gasteiger partial charge in [-0.1, -0.05) is 12.2 Å². The van der Waals surface area contributed by atoms with Crippen molar-refractivity contribution in [3.63, 3.8) is 0 Å². The highest BCUT2D eigenvalue weighted by Gasteiger charge is 2.43. The molecule has 12 heteroatoms. The van der Waals surface area contributed by atoms with E-state index in [1.54, 1.807) is 25.1 Å². The second kappa shape index (κ2) is 9.94. The molecule has 4 aromatic rings. The van der Waals surface area contributed by atoms with Crippen LogP contribution in [0.5, 0.6) is 0 Å². The van der Waals surface area contributed by atoms with Gasteiger partial charge in [0.15, 0.2) is 5.65 Å². The van der Waals surface area contributed by atoms with Crippen LogP contribution in [0.25, 0.3) is 28.0 Å². The summed E-state index contributed by atoms with van der Waals surface area (Å²) in [6, 6.07) is 8.70. The lowest BCUT2D eigenvalue weighted by Gasteiger charge is -2.39. The molecule has 0 saturated carbocycles. The normalized spacial score (nSPS) is 20.1. The summed E-state index contributed by atoms with van der Waals surface area (Å²) in [5.41, 5.74) is 8.42. The summed E-state index contributed by atoms with van der Waals surface area (Å²) < 4.78 is 57.3. The van der Waals surface area contributed by atoms with Crippen molar-refractivity contribution in [3.05, 3.63) is 89.7 Å². The van der Waals surface area contributed by atoms with Crippen LogP contribution in [0, 0.1) is 23.0 Å². The minimum absolute atomic E-state index is 0.0715. The molecule has 9 nitrogen and oxygen atoms in total. The number of allylic oxidation sites excluding steroid dienone is 2. The van der Waals surface area contributed by atoms with Crippen LogP contribution >= 0.6 is 0 Å². The first-order valence-corrected chi connectivity index (χ1v) is 14.6. The minimum atomic E-state index is -4.20. The molecule has 0 bridgehead atoms. The third kappa shape index (κ3) is 4.61. The molecule has 1 fully saturated rings. The number of likely N-dealkylation sites (tertiary alicyclic amines) is 1. The van der Waals surface area contributed by atoms with E-state index in [4.69, 9.17) is 5.73 Å². The number of piperidine rings is 1. The first-order chi connectivity index (χ1) is 19.6. The number of benzene rings is 1. The van der Waals surface area contributed by atoms with Gasteiger partial charge in [0.1, 0.15) is 34.0 Å². The largest absolute Gasteiger partial charge is 0.371 e. The van der Waals surface area contributed by atoms with E-state index in [2.05, 4.69) is 19.9 Å². The van der Waals surface area contributed by atoms with Gasteiger partial charge in [0, 0.05) is 59.8 Å². The molecule has 1 saturated heterocycles. The molecule has 3 N–H and O–H groups in total. The number of hydrogen-bond acceptors (Lipinski definition) is 7. The van der Waals surface area contributed by atoms with E-state index in [0.29, 0.717) is 35.4 Å². The van der Waals surface area contributed by atoms with E-state index in [1.165, 1.54) is 30.7 Å². The van der Waals surface area contributed by atoms with Gasteiger partial charge in [0.25, 0.3) is 0 Å². The molecule has 0 spiro atoms. The van der Waals surface area contributed by atoms with E-state index >= 15 is 0 Å². The fourth-order valence-corrected chi connectivity index (χ4v) is 7.18. The van der Waals surface area contributed by atoms with E-state index < -0.39 is 26.4 Å². The molecule has 4 heterocycles. The Balaban J connectivity index is 1.49. The van der Waals surface area contributed by atoms with Crippen LogP contribution in [0.3, 0.4) is 0 Å². The molecule has 2 aliphatic rings. The lowest BCUT2D eigenvalue weighted by Crippen LogP contribution is -2.42. The maximum absolute atomic E-state index is 14.5. The van der Waals surface area contributed by atoms with Gasteiger partial charge in [-0.25, -0.2) is 31.1 Å². The smallest absolute Gasteiger partial charge is 0.249 e. The Labute approximate surface area is 235 Å². The molecular formula is C29H27F2N7O2S. The van der Waals surface area contributed by atoms with Crippen molar-refractivity contribution < 1.29 is 17.2 Å². The van der Waals surface area contributed by atoms with Crippen molar-refractivity contribution in [1.82, 2.24) is 23.8 Å². The number of fused-ring (bicyclic) bond motifs is 1. The van der Waals surface area contributed by atoms with Crippen LogP contribution in [-0.2, 0) is 10.0 Å². The van der Waals surface area contributed by atoms with Crippen molar-refractivity contribution >= 4 is 26.6 Å². The quantitative estimate of drug-likeness (QED) is 0.362. The Morgan fingerprint density at radius 1 is 1.17 bits per heavy atom. The summed E-state index contributed by atoms with van der Waals surface area (Å²) >= 11 is 0. The summed E-state index contributed by atoms with van der Waals surface area (Å²) in [4.78, 5) is 13.6. The van der Waals surface area contributed by atoms with Crippen LogP contribution in [0.15, 0.2) is 66.8 Å². The third-order valence-electron chi connectivity index (χ3n) is 7.81. The average Bonchev–Trinajstić information content (AvgIpc) is 3.58. The van der Waals surface area contributed by atoms with Gasteiger partial charge < -0.3 is 15.6 Å². The molecule has 1 aliphatic carbocycles. The molecule has 0 radical (unpaired) electrons. The van der Waals surface area contributed by atoms with Gasteiger partial charge in [-0.3, -0.25) is 0 Å². The van der Waals surface area contributed by atoms with Crippen molar-refractivity contribution in [2.45, 2.75) is 37.0 Å². The topological polar surface area (TPSA) is 134 Å². The number of pyridine rings is 1. The van der Waals surface area contributed by atoms with Crippen molar-refractivity contribution in [1.29, 1.82) is 5.26 Å². The number of nitrogens with one attached hydrogen (secondary N) is 1. The van der Waals surface area contributed by atoms with Crippen LogP contribution in [-0.4, -0.2) is 56.1 Å². The van der Waals surface area contributed by atoms with Gasteiger partial charge in [0.05, 0.1) is 6.20 Å². The summed E-state index contributed by atoms with van der Waals surface area (Å²) in [5, 5.41) is 9.76. The second-order valence-electron chi connectivity index (χ2n) is 10.6. The first kappa shape index (κ1) is 26.9. The first-order valence-electron chi connectivity index (χ1n) is 13.2. The molecular weight excluding hydrogens is 548 g/mol. The van der Waals surface area contributed by atoms with Crippen LogP contribution in [0.1, 0.15) is 37.4 Å². The Bertz CT molecular complexity index is 1860. The summed E-state index contributed by atoms with van der Waals surface area (Å²) in [6.07, 6.45) is 9.37. The highest BCUT2D eigenvalue weighted by atomic mass is 32.2. The SMILES string of the molecule is CC1(S(=O)(=O)n2cc(-c3ncc(C#N)[nH]3)c3cccnc32)C=C(c2cc(F)cc(F)c2)C(N2CCC(N)CC2)=CC1. The maximum atomic E-state index is 14.5. The zero-order valence-electron chi connectivity index (χ0n) is 22.2. The van der Waals surface area contributed by atoms with Gasteiger partial charge in [0.2, 0.25) is 10.0 Å². The third-order valence-corrected chi connectivity index (χ3v) is 10.1. The van der Waals surface area contributed by atoms with Crippen molar-refractivity contribution in [3.8, 4) is 17.5 Å². The number of H-pyrrole nitrogens is 1.